The number of carbonyl (C=O) groups is 1. The molecule has 12 nitrogen and oxygen atoms in total. The molecule has 0 bridgehead atoms. The number of hydrogen-bond acceptors (Lipinski definition) is 9. The summed E-state index contributed by atoms with van der Waals surface area (Å²) in [6.45, 7) is 11.0. The van der Waals surface area contributed by atoms with E-state index in [2.05, 4.69) is 51.9 Å². The van der Waals surface area contributed by atoms with E-state index in [1.807, 2.05) is 54.2 Å². The fraction of sp³-hybridized carbons (Fsp3) is 0.368. The number of rotatable bonds is 11. The third kappa shape index (κ3) is 8.10. The standard InChI is InChI=1S/C38H43N7O5Si/c1-25-18-26(19-30-23-45(42-34(25)30)24-48-16-17-51(2,3)4)20-33(37-41-35(43-50-37)29-9-7-13-39-22-29)49-38(47)44-14-11-27(12-15-44)31-21-28-8-5-6-10-32(28)40-36(31)46/h5-10,13,18-19,21-23,27,33H,11-12,14-17,20,24H2,1-4H3,(H,40,46). The van der Waals surface area contributed by atoms with Crippen LogP contribution in [0.2, 0.25) is 25.7 Å². The van der Waals surface area contributed by atoms with E-state index < -0.39 is 20.3 Å². The minimum absolute atomic E-state index is 0.0394. The van der Waals surface area contributed by atoms with Crippen molar-refractivity contribution in [2.75, 3.05) is 19.7 Å². The summed E-state index contributed by atoms with van der Waals surface area (Å²) in [4.78, 5) is 40.1. The Hall–Kier alpha value is -5.14. The molecule has 7 rings (SSSR count). The minimum Gasteiger partial charge on any atom is -0.436 e. The molecule has 1 fully saturated rings. The number of piperidine rings is 1. The number of carbonyl (C=O) groups excluding carboxylic acids is 1. The first kappa shape index (κ1) is 34.3. The van der Waals surface area contributed by atoms with Gasteiger partial charge in [0, 0.05) is 74.8 Å². The number of hydrogen-bond donors (Lipinski definition) is 1. The average Bonchev–Trinajstić information content (AvgIpc) is 3.78. The van der Waals surface area contributed by atoms with E-state index in [1.165, 1.54) is 0 Å². The van der Waals surface area contributed by atoms with Crippen LogP contribution in [0.5, 0.6) is 0 Å². The maximum absolute atomic E-state index is 13.7. The lowest BCUT2D eigenvalue weighted by Crippen LogP contribution is -2.39. The van der Waals surface area contributed by atoms with Crippen molar-refractivity contribution in [2.24, 2.45) is 0 Å². The summed E-state index contributed by atoms with van der Waals surface area (Å²) in [5.41, 5.74) is 5.01. The van der Waals surface area contributed by atoms with Crippen molar-refractivity contribution >= 4 is 36.0 Å². The predicted molar refractivity (Wildman–Crippen MR) is 197 cm³/mol. The second-order valence-electron chi connectivity index (χ2n) is 14.5. The van der Waals surface area contributed by atoms with E-state index in [9.17, 15) is 9.59 Å². The van der Waals surface area contributed by atoms with Crippen LogP contribution in [0.15, 0.2) is 82.5 Å². The lowest BCUT2D eigenvalue weighted by Gasteiger charge is -2.32. The monoisotopic (exact) mass is 705 g/mol. The van der Waals surface area contributed by atoms with Gasteiger partial charge in [0.1, 0.15) is 6.73 Å². The molecule has 13 heteroatoms. The third-order valence-electron chi connectivity index (χ3n) is 9.40. The van der Waals surface area contributed by atoms with E-state index in [4.69, 9.17) is 19.1 Å². The minimum atomic E-state index is -1.18. The maximum atomic E-state index is 13.7. The average molecular weight is 706 g/mol. The van der Waals surface area contributed by atoms with Crippen LogP contribution in [-0.4, -0.2) is 68.7 Å². The van der Waals surface area contributed by atoms with Gasteiger partial charge in [0.15, 0.2) is 6.10 Å². The number of ether oxygens (including phenoxy) is 2. The normalized spacial score (nSPS) is 14.7. The van der Waals surface area contributed by atoms with Crippen LogP contribution in [0.1, 0.15) is 47.4 Å². The Kier molecular flexibility index (Phi) is 9.83. The van der Waals surface area contributed by atoms with E-state index in [0.29, 0.717) is 57.1 Å². The lowest BCUT2D eigenvalue weighted by atomic mass is 9.89. The summed E-state index contributed by atoms with van der Waals surface area (Å²) < 4.78 is 19.7. The highest BCUT2D eigenvalue weighted by Crippen LogP contribution is 2.31. The second kappa shape index (κ2) is 14.6. The van der Waals surface area contributed by atoms with E-state index in [1.54, 1.807) is 23.4 Å². The first-order valence-corrected chi connectivity index (χ1v) is 21.2. The number of benzene rings is 2. The largest absolute Gasteiger partial charge is 0.436 e. The van der Waals surface area contributed by atoms with E-state index >= 15 is 0 Å². The van der Waals surface area contributed by atoms with Crippen molar-refractivity contribution in [2.45, 2.75) is 70.6 Å². The highest BCUT2D eigenvalue weighted by Gasteiger charge is 2.31. The highest BCUT2D eigenvalue weighted by molar-refractivity contribution is 6.76. The van der Waals surface area contributed by atoms with Crippen molar-refractivity contribution in [3.63, 3.8) is 0 Å². The van der Waals surface area contributed by atoms with Crippen LogP contribution in [0.25, 0.3) is 33.2 Å². The summed E-state index contributed by atoms with van der Waals surface area (Å²) in [6, 6.07) is 18.6. The summed E-state index contributed by atoms with van der Waals surface area (Å²) >= 11 is 0. The van der Waals surface area contributed by atoms with Crippen molar-refractivity contribution in [1.82, 2.24) is 34.8 Å². The molecule has 0 saturated carbocycles. The summed E-state index contributed by atoms with van der Waals surface area (Å²) in [5, 5.41) is 10.9. The van der Waals surface area contributed by atoms with Crippen LogP contribution in [-0.2, 0) is 22.6 Å². The van der Waals surface area contributed by atoms with Gasteiger partial charge in [-0.05, 0) is 78.6 Å². The van der Waals surface area contributed by atoms with Gasteiger partial charge in [-0.15, -0.1) is 0 Å². The van der Waals surface area contributed by atoms with Gasteiger partial charge in [0.05, 0.1) is 5.52 Å². The van der Waals surface area contributed by atoms with Gasteiger partial charge >= 0.3 is 6.09 Å². The molecule has 1 N–H and O–H groups in total. The number of nitrogens with zero attached hydrogens (tertiary/aromatic N) is 6. The van der Waals surface area contributed by atoms with Crippen LogP contribution in [0.4, 0.5) is 4.79 Å². The lowest BCUT2D eigenvalue weighted by molar-refractivity contribution is 0.0416. The van der Waals surface area contributed by atoms with Gasteiger partial charge in [-0.1, -0.05) is 49.1 Å². The van der Waals surface area contributed by atoms with Gasteiger partial charge in [-0.2, -0.15) is 10.1 Å². The zero-order valence-electron chi connectivity index (χ0n) is 29.5. The Bertz CT molecular complexity index is 2200. The summed E-state index contributed by atoms with van der Waals surface area (Å²) in [6.07, 6.45) is 5.63. The first-order chi connectivity index (χ1) is 24.6. The van der Waals surface area contributed by atoms with Crippen molar-refractivity contribution < 1.29 is 18.8 Å². The van der Waals surface area contributed by atoms with Crippen LogP contribution in [0.3, 0.4) is 0 Å². The molecule has 1 atom stereocenters. The Morgan fingerprint density at radius 3 is 2.69 bits per heavy atom. The topological polar surface area (TPSA) is 141 Å². The fourth-order valence-corrected chi connectivity index (χ4v) is 7.32. The number of fused-ring (bicyclic) bond motifs is 2. The molecule has 51 heavy (non-hydrogen) atoms. The van der Waals surface area contributed by atoms with Crippen LogP contribution >= 0.6 is 0 Å². The van der Waals surface area contributed by atoms with Crippen molar-refractivity contribution in [3.8, 4) is 11.4 Å². The molecule has 0 radical (unpaired) electrons. The zero-order valence-corrected chi connectivity index (χ0v) is 30.5. The van der Waals surface area contributed by atoms with Crippen LogP contribution < -0.4 is 5.56 Å². The van der Waals surface area contributed by atoms with E-state index in [0.717, 1.165) is 44.5 Å². The Morgan fingerprint density at radius 1 is 1.08 bits per heavy atom. The molecule has 6 aromatic rings. The number of para-hydroxylation sites is 1. The number of H-pyrrole nitrogens is 1. The first-order valence-electron chi connectivity index (χ1n) is 17.5. The zero-order chi connectivity index (χ0) is 35.5. The second-order valence-corrected chi connectivity index (χ2v) is 20.2. The molecule has 1 saturated heterocycles. The molecule has 2 aromatic carbocycles. The molecular weight excluding hydrogens is 663 g/mol. The van der Waals surface area contributed by atoms with Gasteiger partial charge < -0.3 is 23.9 Å². The number of aromatic amines is 1. The SMILES string of the molecule is Cc1cc(CC(OC(=O)N2CCC(c3cc4ccccc4[nH]c3=O)CC2)c2nc(-c3cccnc3)no2)cc2cn(COCC[Si](C)(C)C)nc12. The van der Waals surface area contributed by atoms with Gasteiger partial charge in [-0.25, -0.2) is 9.48 Å². The molecule has 0 aliphatic carbocycles. The molecule has 1 aliphatic rings. The highest BCUT2D eigenvalue weighted by atomic mass is 28.3. The van der Waals surface area contributed by atoms with Crippen molar-refractivity contribution in [3.05, 3.63) is 106 Å². The Morgan fingerprint density at radius 2 is 1.90 bits per heavy atom. The summed E-state index contributed by atoms with van der Waals surface area (Å²) in [7, 11) is -1.18. The van der Waals surface area contributed by atoms with Gasteiger partial charge in [-0.3, -0.25) is 9.78 Å². The fourth-order valence-electron chi connectivity index (χ4n) is 6.57. The quantitative estimate of drug-likeness (QED) is 0.109. The molecule has 1 unspecified atom stereocenters. The molecule has 5 heterocycles. The molecule has 1 aliphatic heterocycles. The van der Waals surface area contributed by atoms with Crippen LogP contribution in [0, 0.1) is 6.92 Å². The van der Waals surface area contributed by atoms with Gasteiger partial charge in [0.2, 0.25) is 5.82 Å². The smallest absolute Gasteiger partial charge is 0.410 e. The number of nitrogens with one attached hydrogen (secondary N) is 1. The molecule has 1 amide bonds. The van der Waals surface area contributed by atoms with Gasteiger partial charge in [0.25, 0.3) is 11.4 Å². The number of aromatic nitrogens is 6. The Labute approximate surface area is 296 Å². The molecule has 0 spiro atoms. The maximum Gasteiger partial charge on any atom is 0.410 e. The summed E-state index contributed by atoms with van der Waals surface area (Å²) in [5.74, 6) is 0.601. The number of likely N-dealkylation sites (tertiary alicyclic amines) is 1. The molecular formula is C38H43N7O5Si. The third-order valence-corrected chi connectivity index (χ3v) is 11.1. The number of amides is 1. The molecule has 4 aromatic heterocycles. The number of pyridine rings is 2. The molecule has 264 valence electrons. The van der Waals surface area contributed by atoms with Crippen molar-refractivity contribution in [1.29, 1.82) is 0 Å². The number of aryl methyl sites for hydroxylation is 1. The predicted octanol–water partition coefficient (Wildman–Crippen LogP) is 7.24. The van der Waals surface area contributed by atoms with E-state index in [-0.39, 0.29) is 17.4 Å². The Balaban J connectivity index is 1.08.